The van der Waals surface area contributed by atoms with Gasteiger partial charge in [-0.2, -0.15) is 0 Å². The number of rotatable bonds is 3. The molecule has 0 saturated carbocycles. The first kappa shape index (κ1) is 15.5. The summed E-state index contributed by atoms with van der Waals surface area (Å²) in [4.78, 5) is 25.6. The van der Waals surface area contributed by atoms with Crippen molar-refractivity contribution in [1.82, 2.24) is 4.90 Å². The predicted octanol–water partition coefficient (Wildman–Crippen LogP) is 1.79. The molecule has 2 atom stereocenters. The van der Waals surface area contributed by atoms with E-state index in [1.165, 1.54) is 0 Å². The summed E-state index contributed by atoms with van der Waals surface area (Å²) in [7, 11) is 0. The smallest absolute Gasteiger partial charge is 0.338 e. The number of esters is 1. The number of nitrogens with zero attached hydrogens (tertiary/aromatic N) is 1. The number of hydrogen-bond acceptors (Lipinski definition) is 4. The molecule has 0 N–H and O–H groups in total. The van der Waals surface area contributed by atoms with Crippen LogP contribution in [0.15, 0.2) is 24.3 Å². The van der Waals surface area contributed by atoms with Crippen LogP contribution in [0.25, 0.3) is 0 Å². The van der Waals surface area contributed by atoms with Crippen LogP contribution < -0.4 is 0 Å². The Morgan fingerprint density at radius 1 is 1.19 bits per heavy atom. The van der Waals surface area contributed by atoms with Gasteiger partial charge in [0.1, 0.15) is 0 Å². The van der Waals surface area contributed by atoms with Gasteiger partial charge >= 0.3 is 5.97 Å². The number of carbonyl (C=O) groups is 2. The molecule has 0 radical (unpaired) electrons. The van der Waals surface area contributed by atoms with Crippen molar-refractivity contribution in [2.24, 2.45) is 0 Å². The van der Waals surface area contributed by atoms with Crippen LogP contribution in [-0.4, -0.2) is 48.7 Å². The SMILES string of the molecule is Cc1ccc(C(=O)OCC(=O)N2C[C@@H](C)O[C@@H](C)C2)cc1. The number of ether oxygens (including phenoxy) is 2. The van der Waals surface area contributed by atoms with Crippen molar-refractivity contribution in [2.75, 3.05) is 19.7 Å². The quantitative estimate of drug-likeness (QED) is 0.797. The van der Waals surface area contributed by atoms with E-state index in [4.69, 9.17) is 9.47 Å². The number of hydrogen-bond donors (Lipinski definition) is 0. The van der Waals surface area contributed by atoms with Crippen LogP contribution in [0.2, 0.25) is 0 Å². The van der Waals surface area contributed by atoms with E-state index in [1.807, 2.05) is 32.9 Å². The van der Waals surface area contributed by atoms with Gasteiger partial charge in [-0.15, -0.1) is 0 Å². The van der Waals surface area contributed by atoms with Gasteiger partial charge in [-0.1, -0.05) is 17.7 Å². The summed E-state index contributed by atoms with van der Waals surface area (Å²) in [5, 5.41) is 0. The Labute approximate surface area is 124 Å². The molecule has 5 nitrogen and oxygen atoms in total. The van der Waals surface area contributed by atoms with E-state index >= 15 is 0 Å². The minimum absolute atomic E-state index is 0.00509. The lowest BCUT2D eigenvalue weighted by atomic mass is 10.1. The lowest BCUT2D eigenvalue weighted by molar-refractivity contribution is -0.146. The van der Waals surface area contributed by atoms with Crippen LogP contribution in [0.1, 0.15) is 29.8 Å². The highest BCUT2D eigenvalue weighted by molar-refractivity contribution is 5.91. The van der Waals surface area contributed by atoms with Crippen molar-refractivity contribution in [3.8, 4) is 0 Å². The van der Waals surface area contributed by atoms with E-state index in [1.54, 1.807) is 17.0 Å². The molecule has 0 aliphatic carbocycles. The summed E-state index contributed by atoms with van der Waals surface area (Å²) in [6, 6.07) is 7.07. The molecule has 0 unspecified atom stereocenters. The highest BCUT2D eigenvalue weighted by Gasteiger charge is 2.26. The molecule has 2 rings (SSSR count). The van der Waals surface area contributed by atoms with Crippen molar-refractivity contribution in [3.05, 3.63) is 35.4 Å². The zero-order valence-electron chi connectivity index (χ0n) is 12.7. The summed E-state index contributed by atoms with van der Waals surface area (Å²) in [6.45, 7) is 6.63. The summed E-state index contributed by atoms with van der Waals surface area (Å²) >= 11 is 0. The number of aryl methyl sites for hydroxylation is 1. The molecule has 0 aromatic heterocycles. The van der Waals surface area contributed by atoms with E-state index in [0.717, 1.165) is 5.56 Å². The molecule has 1 aliphatic heterocycles. The number of amides is 1. The standard InChI is InChI=1S/C16H21NO4/c1-11-4-6-14(7-5-11)16(19)20-10-15(18)17-8-12(2)21-13(3)9-17/h4-7,12-13H,8-10H2,1-3H3/t12-,13+. The second kappa shape index (κ2) is 6.72. The number of benzene rings is 1. The molecule has 21 heavy (non-hydrogen) atoms. The Bertz CT molecular complexity index is 502. The molecule has 1 aliphatic rings. The van der Waals surface area contributed by atoms with Crippen LogP contribution >= 0.6 is 0 Å². The van der Waals surface area contributed by atoms with Crippen molar-refractivity contribution in [1.29, 1.82) is 0 Å². The zero-order valence-corrected chi connectivity index (χ0v) is 12.7. The second-order valence-corrected chi connectivity index (χ2v) is 5.50. The van der Waals surface area contributed by atoms with E-state index in [0.29, 0.717) is 18.7 Å². The fourth-order valence-corrected chi connectivity index (χ4v) is 2.37. The summed E-state index contributed by atoms with van der Waals surface area (Å²) < 4.78 is 10.7. The average Bonchev–Trinajstić information content (AvgIpc) is 2.44. The Morgan fingerprint density at radius 2 is 1.76 bits per heavy atom. The first-order chi connectivity index (χ1) is 9.95. The molecule has 1 amide bonds. The third-order valence-corrected chi connectivity index (χ3v) is 3.39. The van der Waals surface area contributed by atoms with Gasteiger partial charge in [0.15, 0.2) is 6.61 Å². The van der Waals surface area contributed by atoms with Crippen molar-refractivity contribution < 1.29 is 19.1 Å². The first-order valence-corrected chi connectivity index (χ1v) is 7.12. The van der Waals surface area contributed by atoms with E-state index in [9.17, 15) is 9.59 Å². The van der Waals surface area contributed by atoms with Crippen molar-refractivity contribution >= 4 is 11.9 Å². The Balaban J connectivity index is 1.86. The van der Waals surface area contributed by atoms with Gasteiger partial charge < -0.3 is 14.4 Å². The molecule has 0 bridgehead atoms. The number of carbonyl (C=O) groups excluding carboxylic acids is 2. The van der Waals surface area contributed by atoms with Gasteiger partial charge in [0, 0.05) is 13.1 Å². The topological polar surface area (TPSA) is 55.8 Å². The number of morpholine rings is 1. The Hall–Kier alpha value is -1.88. The summed E-state index contributed by atoms with van der Waals surface area (Å²) in [5.41, 5.74) is 1.52. The minimum Gasteiger partial charge on any atom is -0.452 e. The van der Waals surface area contributed by atoms with Crippen LogP contribution in [0.5, 0.6) is 0 Å². The molecule has 0 spiro atoms. The molecule has 1 heterocycles. The van der Waals surface area contributed by atoms with Crippen LogP contribution in [0.3, 0.4) is 0 Å². The molecule has 1 fully saturated rings. The van der Waals surface area contributed by atoms with Crippen LogP contribution in [0.4, 0.5) is 0 Å². The molecule has 114 valence electrons. The maximum Gasteiger partial charge on any atom is 0.338 e. The second-order valence-electron chi connectivity index (χ2n) is 5.50. The first-order valence-electron chi connectivity index (χ1n) is 7.12. The van der Waals surface area contributed by atoms with E-state index in [-0.39, 0.29) is 24.7 Å². The van der Waals surface area contributed by atoms with Gasteiger partial charge in [0.05, 0.1) is 17.8 Å². The third kappa shape index (κ3) is 4.29. The highest BCUT2D eigenvalue weighted by Crippen LogP contribution is 2.11. The maximum atomic E-state index is 12.1. The van der Waals surface area contributed by atoms with Gasteiger partial charge in [0.25, 0.3) is 5.91 Å². The van der Waals surface area contributed by atoms with Gasteiger partial charge in [-0.25, -0.2) is 4.79 Å². The fraction of sp³-hybridized carbons (Fsp3) is 0.500. The summed E-state index contributed by atoms with van der Waals surface area (Å²) in [6.07, 6.45) is 0.0102. The van der Waals surface area contributed by atoms with E-state index < -0.39 is 5.97 Å². The lowest BCUT2D eigenvalue weighted by Gasteiger charge is -2.35. The van der Waals surface area contributed by atoms with Crippen molar-refractivity contribution in [2.45, 2.75) is 33.0 Å². The highest BCUT2D eigenvalue weighted by atomic mass is 16.5. The van der Waals surface area contributed by atoms with E-state index in [2.05, 4.69) is 0 Å². The third-order valence-electron chi connectivity index (χ3n) is 3.39. The molecular weight excluding hydrogens is 270 g/mol. The lowest BCUT2D eigenvalue weighted by Crippen LogP contribution is -2.49. The normalized spacial score (nSPS) is 22.0. The molecule has 5 heteroatoms. The van der Waals surface area contributed by atoms with Gasteiger partial charge in [-0.3, -0.25) is 4.79 Å². The largest absolute Gasteiger partial charge is 0.452 e. The summed E-state index contributed by atoms with van der Waals surface area (Å²) in [5.74, 6) is -0.657. The van der Waals surface area contributed by atoms with Gasteiger partial charge in [0.2, 0.25) is 0 Å². The molecule has 1 saturated heterocycles. The van der Waals surface area contributed by atoms with Gasteiger partial charge in [-0.05, 0) is 32.9 Å². The monoisotopic (exact) mass is 291 g/mol. The van der Waals surface area contributed by atoms with Crippen LogP contribution in [0, 0.1) is 6.92 Å². The molecular formula is C16H21NO4. The van der Waals surface area contributed by atoms with Crippen molar-refractivity contribution in [3.63, 3.8) is 0 Å². The maximum absolute atomic E-state index is 12.1. The Kier molecular flexibility index (Phi) is 4.96. The van der Waals surface area contributed by atoms with Crippen LogP contribution in [-0.2, 0) is 14.3 Å². The fourth-order valence-electron chi connectivity index (χ4n) is 2.37. The minimum atomic E-state index is -0.474. The Morgan fingerprint density at radius 3 is 2.33 bits per heavy atom. The zero-order chi connectivity index (χ0) is 15.4. The molecule has 1 aromatic rings. The average molecular weight is 291 g/mol. The predicted molar refractivity (Wildman–Crippen MR) is 78.1 cm³/mol. The molecule has 1 aromatic carbocycles.